The van der Waals surface area contributed by atoms with Crippen molar-refractivity contribution >= 4 is 11.7 Å². The highest BCUT2D eigenvalue weighted by molar-refractivity contribution is 5.91. The normalized spacial score (nSPS) is 15.3. The van der Waals surface area contributed by atoms with Gasteiger partial charge in [-0.15, -0.1) is 0 Å². The van der Waals surface area contributed by atoms with Gasteiger partial charge in [0.2, 0.25) is 0 Å². The number of anilines is 1. The fourth-order valence-corrected chi connectivity index (χ4v) is 1.65. The van der Waals surface area contributed by atoms with E-state index in [2.05, 4.69) is 0 Å². The number of halogens is 2. The minimum atomic E-state index is -1.28. The molecule has 0 radical (unpaired) electrons. The first kappa shape index (κ1) is 9.89. The molecule has 15 heavy (non-hydrogen) atoms. The predicted molar refractivity (Wildman–Crippen MR) is 49.7 cm³/mol. The molecule has 3 nitrogen and oxygen atoms in total. The Bertz CT molecular complexity index is 442. The topological polar surface area (TPSA) is 63.3 Å². The zero-order valence-corrected chi connectivity index (χ0v) is 7.76. The van der Waals surface area contributed by atoms with E-state index in [0.29, 0.717) is 6.07 Å². The Morgan fingerprint density at radius 1 is 1.47 bits per heavy atom. The van der Waals surface area contributed by atoms with Gasteiger partial charge in [0.1, 0.15) is 0 Å². The lowest BCUT2D eigenvalue weighted by atomic mass is 10.0. The highest BCUT2D eigenvalue weighted by Gasteiger charge is 2.32. The first-order chi connectivity index (χ1) is 7.02. The molecule has 0 spiro atoms. The Kier molecular flexibility index (Phi) is 2.10. The summed E-state index contributed by atoms with van der Waals surface area (Å²) < 4.78 is 26.1. The summed E-state index contributed by atoms with van der Waals surface area (Å²) in [6.45, 7) is 0. The van der Waals surface area contributed by atoms with Crippen LogP contribution in [0.5, 0.6) is 0 Å². The molecule has 1 fully saturated rings. The number of carboxylic acid groups (broad SMARTS) is 1. The van der Waals surface area contributed by atoms with Crippen LogP contribution in [0.4, 0.5) is 14.5 Å². The molecule has 5 heteroatoms. The molecule has 1 aromatic carbocycles. The third-order valence-electron chi connectivity index (χ3n) is 2.51. The fraction of sp³-hybridized carbons (Fsp3) is 0.300. The zero-order valence-electron chi connectivity index (χ0n) is 7.76. The Morgan fingerprint density at radius 3 is 2.53 bits per heavy atom. The summed E-state index contributed by atoms with van der Waals surface area (Å²) in [5.41, 5.74) is 5.03. The molecule has 1 aliphatic rings. The standard InChI is InChI=1S/C10H9F2NO2/c11-6-3-5(10(14)15)7(4-1-2-4)9(13)8(6)12/h3-4H,1-2,13H2,(H,14,15). The largest absolute Gasteiger partial charge is 0.478 e. The molecule has 0 aromatic heterocycles. The molecule has 0 bridgehead atoms. The molecular weight excluding hydrogens is 204 g/mol. The van der Waals surface area contributed by atoms with Crippen molar-refractivity contribution < 1.29 is 18.7 Å². The van der Waals surface area contributed by atoms with Crippen molar-refractivity contribution in [2.24, 2.45) is 0 Å². The van der Waals surface area contributed by atoms with Gasteiger partial charge in [0, 0.05) is 0 Å². The molecule has 1 saturated carbocycles. The van der Waals surface area contributed by atoms with E-state index < -0.39 is 17.6 Å². The molecule has 3 N–H and O–H groups in total. The van der Waals surface area contributed by atoms with Gasteiger partial charge < -0.3 is 10.8 Å². The van der Waals surface area contributed by atoms with Gasteiger partial charge in [-0.1, -0.05) is 0 Å². The van der Waals surface area contributed by atoms with Crippen LogP contribution in [-0.2, 0) is 0 Å². The van der Waals surface area contributed by atoms with Crippen molar-refractivity contribution in [1.29, 1.82) is 0 Å². The number of aromatic carboxylic acids is 1. The van der Waals surface area contributed by atoms with E-state index >= 15 is 0 Å². The van der Waals surface area contributed by atoms with Crippen molar-refractivity contribution in [3.63, 3.8) is 0 Å². The van der Waals surface area contributed by atoms with E-state index in [1.165, 1.54) is 0 Å². The number of carboxylic acids is 1. The van der Waals surface area contributed by atoms with Crippen LogP contribution in [0.15, 0.2) is 6.07 Å². The molecule has 0 atom stereocenters. The number of benzene rings is 1. The van der Waals surface area contributed by atoms with E-state index in [0.717, 1.165) is 12.8 Å². The molecule has 0 heterocycles. The molecule has 0 unspecified atom stereocenters. The number of rotatable bonds is 2. The van der Waals surface area contributed by atoms with Gasteiger partial charge in [0.05, 0.1) is 11.3 Å². The van der Waals surface area contributed by atoms with E-state index in [4.69, 9.17) is 10.8 Å². The lowest BCUT2D eigenvalue weighted by Gasteiger charge is -2.09. The van der Waals surface area contributed by atoms with Gasteiger partial charge in [-0.25, -0.2) is 13.6 Å². The van der Waals surface area contributed by atoms with Crippen LogP contribution in [-0.4, -0.2) is 11.1 Å². The summed E-state index contributed by atoms with van der Waals surface area (Å²) >= 11 is 0. The predicted octanol–water partition coefficient (Wildman–Crippen LogP) is 2.12. The summed E-state index contributed by atoms with van der Waals surface area (Å²) in [7, 11) is 0. The van der Waals surface area contributed by atoms with Crippen LogP contribution >= 0.6 is 0 Å². The molecule has 1 aromatic rings. The van der Waals surface area contributed by atoms with E-state index in [1.807, 2.05) is 0 Å². The monoisotopic (exact) mass is 213 g/mol. The number of nitrogens with two attached hydrogens (primary N) is 1. The number of nitrogen functional groups attached to an aromatic ring is 1. The summed E-state index contributed by atoms with van der Waals surface area (Å²) in [5.74, 6) is -3.68. The Balaban J connectivity index is 2.67. The maximum absolute atomic E-state index is 13.1. The van der Waals surface area contributed by atoms with Gasteiger partial charge >= 0.3 is 5.97 Å². The van der Waals surface area contributed by atoms with Crippen LogP contribution in [0.3, 0.4) is 0 Å². The molecule has 0 aliphatic heterocycles. The number of hydrogen-bond donors (Lipinski definition) is 2. The molecule has 0 saturated heterocycles. The third kappa shape index (κ3) is 1.54. The zero-order chi connectivity index (χ0) is 11.2. The van der Waals surface area contributed by atoms with E-state index in [1.54, 1.807) is 0 Å². The van der Waals surface area contributed by atoms with Gasteiger partial charge in [-0.3, -0.25) is 0 Å². The van der Waals surface area contributed by atoms with Crippen molar-refractivity contribution in [2.75, 3.05) is 5.73 Å². The van der Waals surface area contributed by atoms with Gasteiger partial charge in [-0.2, -0.15) is 0 Å². The lowest BCUT2D eigenvalue weighted by Crippen LogP contribution is -2.09. The molecule has 2 rings (SSSR count). The average molecular weight is 213 g/mol. The second-order valence-corrected chi connectivity index (χ2v) is 3.63. The van der Waals surface area contributed by atoms with E-state index in [9.17, 15) is 13.6 Å². The van der Waals surface area contributed by atoms with Crippen LogP contribution < -0.4 is 5.73 Å². The Hall–Kier alpha value is -1.65. The maximum Gasteiger partial charge on any atom is 0.336 e. The smallest absolute Gasteiger partial charge is 0.336 e. The van der Waals surface area contributed by atoms with Crippen LogP contribution in [0, 0.1) is 11.6 Å². The van der Waals surface area contributed by atoms with Gasteiger partial charge in [0.15, 0.2) is 11.6 Å². The quantitative estimate of drug-likeness (QED) is 0.739. The summed E-state index contributed by atoms with van der Waals surface area (Å²) in [6, 6.07) is 0.696. The lowest BCUT2D eigenvalue weighted by molar-refractivity contribution is 0.0695. The van der Waals surface area contributed by atoms with Gasteiger partial charge in [0.25, 0.3) is 0 Å². The summed E-state index contributed by atoms with van der Waals surface area (Å²) in [6.07, 6.45) is 1.55. The third-order valence-corrected chi connectivity index (χ3v) is 2.51. The van der Waals surface area contributed by atoms with Crippen molar-refractivity contribution in [3.8, 4) is 0 Å². The SMILES string of the molecule is Nc1c(F)c(F)cc(C(=O)O)c1C1CC1. The Morgan fingerprint density at radius 2 is 2.07 bits per heavy atom. The second-order valence-electron chi connectivity index (χ2n) is 3.63. The van der Waals surface area contributed by atoms with Crippen molar-refractivity contribution in [2.45, 2.75) is 18.8 Å². The first-order valence-electron chi connectivity index (χ1n) is 4.53. The highest BCUT2D eigenvalue weighted by atomic mass is 19.2. The summed E-state index contributed by atoms with van der Waals surface area (Å²) in [5, 5.41) is 8.84. The molecule has 80 valence electrons. The average Bonchev–Trinajstić information content (AvgIpc) is 2.97. The highest BCUT2D eigenvalue weighted by Crippen LogP contribution is 2.45. The van der Waals surface area contributed by atoms with E-state index in [-0.39, 0.29) is 22.7 Å². The van der Waals surface area contributed by atoms with Crippen molar-refractivity contribution in [3.05, 3.63) is 28.8 Å². The summed E-state index contributed by atoms with van der Waals surface area (Å²) in [4.78, 5) is 10.8. The number of hydrogen-bond acceptors (Lipinski definition) is 2. The fourth-order valence-electron chi connectivity index (χ4n) is 1.65. The van der Waals surface area contributed by atoms with Gasteiger partial charge in [-0.05, 0) is 30.4 Å². The molecular formula is C10H9F2NO2. The molecule has 1 aliphatic carbocycles. The minimum Gasteiger partial charge on any atom is -0.478 e. The molecule has 0 amide bonds. The van der Waals surface area contributed by atoms with Crippen LogP contribution in [0.25, 0.3) is 0 Å². The second kappa shape index (κ2) is 3.18. The first-order valence-corrected chi connectivity index (χ1v) is 4.53. The Labute approximate surface area is 84.5 Å². The van der Waals surface area contributed by atoms with Crippen LogP contribution in [0.1, 0.15) is 34.7 Å². The van der Waals surface area contributed by atoms with Crippen molar-refractivity contribution in [1.82, 2.24) is 0 Å². The minimum absolute atomic E-state index is 0.0359. The maximum atomic E-state index is 13.1. The number of carbonyl (C=O) groups is 1. The van der Waals surface area contributed by atoms with Crippen LogP contribution in [0.2, 0.25) is 0 Å².